The van der Waals surface area contributed by atoms with E-state index < -0.39 is 17.7 Å². The first-order valence-corrected chi connectivity index (χ1v) is 10.8. The average molecular weight is 459 g/mol. The summed E-state index contributed by atoms with van der Waals surface area (Å²) in [6.45, 7) is 2.89. The number of rotatable bonds is 7. The zero-order valence-corrected chi connectivity index (χ0v) is 18.9. The van der Waals surface area contributed by atoms with Crippen LogP contribution in [0.1, 0.15) is 39.8 Å². The smallest absolute Gasteiger partial charge is 0.254 e. The van der Waals surface area contributed by atoms with E-state index in [2.05, 4.69) is 4.98 Å². The Bertz CT molecular complexity index is 1190. The molecule has 0 radical (unpaired) electrons. The van der Waals surface area contributed by atoms with Crippen LogP contribution in [0, 0.1) is 18.6 Å². The Kier molecular flexibility index (Phi) is 6.62. The fourth-order valence-electron chi connectivity index (χ4n) is 4.35. The van der Waals surface area contributed by atoms with E-state index in [1.54, 1.807) is 20.2 Å². The molecular weight excluding hydrogens is 432 g/mol. The van der Waals surface area contributed by atoms with Crippen LogP contribution < -0.4 is 4.74 Å². The van der Waals surface area contributed by atoms with Crippen molar-refractivity contribution in [1.82, 2.24) is 14.5 Å². The quantitative estimate of drug-likeness (QED) is 0.586. The standard InChI is InChI=1S/C24H27F2N3O4/c1-14-27-20-13-18(24(31)28(2)8-10-30)16-6-7-21(17-5-4-15(25)12-19(17)26)33-23(16)22(20)29(14)9-11-32-3/h4-5,12-13,21,30H,6-11H2,1-3H3. The van der Waals surface area contributed by atoms with Crippen LogP contribution >= 0.6 is 0 Å². The molecule has 1 amide bonds. The van der Waals surface area contributed by atoms with Gasteiger partial charge in [-0.25, -0.2) is 13.8 Å². The lowest BCUT2D eigenvalue weighted by Crippen LogP contribution is -2.31. The molecule has 0 bridgehead atoms. The monoisotopic (exact) mass is 459 g/mol. The first-order chi connectivity index (χ1) is 15.8. The molecule has 1 N–H and O–H groups in total. The third kappa shape index (κ3) is 4.30. The number of hydrogen-bond donors (Lipinski definition) is 1. The second-order valence-electron chi connectivity index (χ2n) is 8.16. The Hall–Kier alpha value is -3.04. The van der Waals surface area contributed by atoms with Gasteiger partial charge in [-0.1, -0.05) is 0 Å². The molecule has 4 rings (SSSR count). The number of halogens is 2. The van der Waals surface area contributed by atoms with Crippen molar-refractivity contribution in [1.29, 1.82) is 0 Å². The van der Waals surface area contributed by atoms with Gasteiger partial charge in [0.2, 0.25) is 0 Å². The zero-order chi connectivity index (χ0) is 23.7. The molecule has 1 aromatic heterocycles. The third-order valence-electron chi connectivity index (χ3n) is 6.04. The van der Waals surface area contributed by atoms with Crippen LogP contribution in [-0.2, 0) is 17.7 Å². The number of imidazole rings is 1. The molecule has 1 atom stereocenters. The molecule has 33 heavy (non-hydrogen) atoms. The maximum Gasteiger partial charge on any atom is 0.254 e. The Morgan fingerprint density at radius 2 is 2.15 bits per heavy atom. The minimum atomic E-state index is -0.668. The van der Waals surface area contributed by atoms with E-state index in [0.29, 0.717) is 48.3 Å². The number of benzene rings is 2. The van der Waals surface area contributed by atoms with E-state index in [9.17, 15) is 18.7 Å². The highest BCUT2D eigenvalue weighted by Crippen LogP contribution is 2.43. The number of amides is 1. The zero-order valence-electron chi connectivity index (χ0n) is 18.9. The van der Waals surface area contributed by atoms with Crippen molar-refractivity contribution >= 4 is 16.9 Å². The van der Waals surface area contributed by atoms with Crippen LogP contribution in [0.3, 0.4) is 0 Å². The predicted octanol–water partition coefficient (Wildman–Crippen LogP) is 3.40. The summed E-state index contributed by atoms with van der Waals surface area (Å²) in [4.78, 5) is 19.2. The normalized spacial score (nSPS) is 15.4. The number of likely N-dealkylation sites (N-methyl/N-ethyl adjacent to an activating group) is 1. The second kappa shape index (κ2) is 9.44. The number of aliphatic hydroxyl groups is 1. The van der Waals surface area contributed by atoms with Gasteiger partial charge < -0.3 is 24.0 Å². The molecule has 7 nitrogen and oxygen atoms in total. The van der Waals surface area contributed by atoms with Gasteiger partial charge in [0.15, 0.2) is 0 Å². The van der Waals surface area contributed by atoms with Gasteiger partial charge in [-0.05, 0) is 38.0 Å². The third-order valence-corrected chi connectivity index (χ3v) is 6.04. The van der Waals surface area contributed by atoms with Crippen LogP contribution in [0.5, 0.6) is 5.75 Å². The van der Waals surface area contributed by atoms with E-state index in [1.807, 2.05) is 11.5 Å². The molecule has 0 aliphatic carbocycles. The topological polar surface area (TPSA) is 76.8 Å². The summed E-state index contributed by atoms with van der Waals surface area (Å²) in [5.74, 6) is -0.357. The molecule has 0 saturated heterocycles. The van der Waals surface area contributed by atoms with Gasteiger partial charge in [-0.15, -0.1) is 0 Å². The summed E-state index contributed by atoms with van der Waals surface area (Å²) >= 11 is 0. The largest absolute Gasteiger partial charge is 0.483 e. The summed E-state index contributed by atoms with van der Waals surface area (Å²) < 4.78 is 41.5. The van der Waals surface area contributed by atoms with Crippen molar-refractivity contribution in [3.8, 4) is 5.75 Å². The summed E-state index contributed by atoms with van der Waals surface area (Å²) in [6.07, 6.45) is 0.263. The average Bonchev–Trinajstić information content (AvgIpc) is 3.11. The van der Waals surface area contributed by atoms with Crippen molar-refractivity contribution in [3.63, 3.8) is 0 Å². The highest BCUT2D eigenvalue weighted by Gasteiger charge is 2.32. The number of aliphatic hydroxyl groups excluding tert-OH is 1. The van der Waals surface area contributed by atoms with Gasteiger partial charge in [0.1, 0.15) is 34.8 Å². The number of methoxy groups -OCH3 is 1. The molecule has 2 heterocycles. The van der Waals surface area contributed by atoms with Crippen molar-refractivity contribution < 1.29 is 28.2 Å². The molecule has 1 aliphatic heterocycles. The fourth-order valence-corrected chi connectivity index (χ4v) is 4.35. The van der Waals surface area contributed by atoms with E-state index in [0.717, 1.165) is 17.5 Å². The molecule has 0 spiro atoms. The predicted molar refractivity (Wildman–Crippen MR) is 118 cm³/mol. The van der Waals surface area contributed by atoms with Crippen molar-refractivity contribution in [2.24, 2.45) is 0 Å². The Balaban J connectivity index is 1.87. The number of aryl methyl sites for hydroxylation is 1. The van der Waals surface area contributed by atoms with Gasteiger partial charge in [-0.3, -0.25) is 4.79 Å². The van der Waals surface area contributed by atoms with E-state index in [-0.39, 0.29) is 24.6 Å². The first-order valence-electron chi connectivity index (χ1n) is 10.8. The Labute approximate surface area is 190 Å². The van der Waals surface area contributed by atoms with Crippen molar-refractivity contribution in [3.05, 3.63) is 58.4 Å². The molecule has 2 aromatic carbocycles. The highest BCUT2D eigenvalue weighted by molar-refractivity contribution is 6.01. The molecule has 3 aromatic rings. The maximum absolute atomic E-state index is 14.5. The highest BCUT2D eigenvalue weighted by atomic mass is 19.1. The molecule has 9 heteroatoms. The number of hydrogen-bond acceptors (Lipinski definition) is 5. The van der Waals surface area contributed by atoms with Gasteiger partial charge >= 0.3 is 0 Å². The van der Waals surface area contributed by atoms with E-state index in [4.69, 9.17) is 9.47 Å². The minimum absolute atomic E-state index is 0.153. The molecule has 0 fully saturated rings. The number of carbonyl (C=O) groups excluding carboxylic acids is 1. The summed E-state index contributed by atoms with van der Waals surface area (Å²) in [5.41, 5.74) is 2.73. The number of aromatic nitrogens is 2. The van der Waals surface area contributed by atoms with Crippen LogP contribution in [0.4, 0.5) is 8.78 Å². The molecule has 0 saturated carbocycles. The Morgan fingerprint density at radius 3 is 2.85 bits per heavy atom. The van der Waals surface area contributed by atoms with Crippen molar-refractivity contribution in [2.75, 3.05) is 33.9 Å². The SMILES string of the molecule is COCCn1c(C)nc2cc(C(=O)N(C)CCO)c3c(c21)OC(c1ccc(F)cc1F)CC3. The lowest BCUT2D eigenvalue weighted by Gasteiger charge is -2.30. The number of carbonyl (C=O) groups is 1. The van der Waals surface area contributed by atoms with Gasteiger partial charge in [-0.2, -0.15) is 0 Å². The molecular formula is C24H27F2N3O4. The number of fused-ring (bicyclic) bond motifs is 3. The maximum atomic E-state index is 14.5. The number of nitrogens with zero attached hydrogens (tertiary/aromatic N) is 3. The molecule has 1 unspecified atom stereocenters. The molecule has 176 valence electrons. The fraction of sp³-hybridized carbons (Fsp3) is 0.417. The van der Waals surface area contributed by atoms with Crippen LogP contribution in [0.2, 0.25) is 0 Å². The van der Waals surface area contributed by atoms with Gasteiger partial charge in [0.25, 0.3) is 5.91 Å². The minimum Gasteiger partial charge on any atom is -0.483 e. The summed E-state index contributed by atoms with van der Waals surface area (Å²) in [6, 6.07) is 5.21. The second-order valence-corrected chi connectivity index (χ2v) is 8.16. The molecule has 1 aliphatic rings. The number of ether oxygens (including phenoxy) is 2. The van der Waals surface area contributed by atoms with Crippen molar-refractivity contribution in [2.45, 2.75) is 32.4 Å². The van der Waals surface area contributed by atoms with Crippen LogP contribution in [0.25, 0.3) is 11.0 Å². The van der Waals surface area contributed by atoms with E-state index >= 15 is 0 Å². The summed E-state index contributed by atoms with van der Waals surface area (Å²) in [5, 5.41) is 9.26. The summed E-state index contributed by atoms with van der Waals surface area (Å²) in [7, 11) is 3.24. The lowest BCUT2D eigenvalue weighted by molar-refractivity contribution is 0.0763. The lowest BCUT2D eigenvalue weighted by atomic mass is 9.92. The van der Waals surface area contributed by atoms with Gasteiger partial charge in [0, 0.05) is 50.0 Å². The van der Waals surface area contributed by atoms with E-state index in [1.165, 1.54) is 17.0 Å². The first kappa shape index (κ1) is 23.1. The van der Waals surface area contributed by atoms with Crippen LogP contribution in [-0.4, -0.2) is 59.4 Å². The van der Waals surface area contributed by atoms with Crippen LogP contribution in [0.15, 0.2) is 24.3 Å². The Morgan fingerprint density at radius 1 is 1.36 bits per heavy atom. The van der Waals surface area contributed by atoms with Gasteiger partial charge in [0.05, 0.1) is 18.7 Å².